The predicted octanol–water partition coefficient (Wildman–Crippen LogP) is 5.09. The maximum atomic E-state index is 6.12. The van der Waals surface area contributed by atoms with Crippen molar-refractivity contribution in [1.82, 2.24) is 4.98 Å². The molecule has 0 amide bonds. The number of hydrogen-bond donors (Lipinski definition) is 2. The third-order valence-corrected chi connectivity index (χ3v) is 3.68. The van der Waals surface area contributed by atoms with Gasteiger partial charge in [0, 0.05) is 18.3 Å². The summed E-state index contributed by atoms with van der Waals surface area (Å²) >= 11 is 12.2. The Labute approximate surface area is 121 Å². The lowest BCUT2D eigenvalue weighted by Gasteiger charge is -2.10. The van der Waals surface area contributed by atoms with Crippen molar-refractivity contribution in [1.29, 1.82) is 0 Å². The zero-order valence-corrected chi connectivity index (χ0v) is 11.6. The Hall–Kier alpha value is -1.64. The molecule has 0 saturated carbocycles. The summed E-state index contributed by atoms with van der Waals surface area (Å²) in [6.45, 7) is 0.679. The molecule has 3 rings (SSSR count). The zero-order valence-electron chi connectivity index (χ0n) is 10.1. The number of nitrogens with one attached hydrogen (secondary N) is 2. The van der Waals surface area contributed by atoms with E-state index >= 15 is 0 Å². The number of halogens is 2. The lowest BCUT2D eigenvalue weighted by molar-refractivity contribution is 1.15. The average molecular weight is 291 g/mol. The lowest BCUT2D eigenvalue weighted by Crippen LogP contribution is -2.00. The molecule has 2 nitrogen and oxygen atoms in total. The number of fused-ring (bicyclic) bond motifs is 1. The maximum Gasteiger partial charge on any atom is 0.0721 e. The molecule has 1 aromatic heterocycles. The van der Waals surface area contributed by atoms with Crippen LogP contribution in [0.4, 0.5) is 5.69 Å². The van der Waals surface area contributed by atoms with Gasteiger partial charge >= 0.3 is 0 Å². The van der Waals surface area contributed by atoms with E-state index in [2.05, 4.69) is 34.6 Å². The molecule has 1 heterocycles. The highest BCUT2D eigenvalue weighted by Gasteiger charge is 2.05. The van der Waals surface area contributed by atoms with Crippen molar-refractivity contribution in [2.45, 2.75) is 6.54 Å². The molecule has 0 aliphatic carbocycles. The number of benzene rings is 2. The topological polar surface area (TPSA) is 27.8 Å². The molecule has 0 aliphatic heterocycles. The molecule has 0 radical (unpaired) electrons. The van der Waals surface area contributed by atoms with Crippen LogP contribution in [0.1, 0.15) is 5.56 Å². The van der Waals surface area contributed by atoms with Crippen molar-refractivity contribution in [2.75, 3.05) is 5.32 Å². The van der Waals surface area contributed by atoms with Gasteiger partial charge in [-0.1, -0.05) is 41.4 Å². The van der Waals surface area contributed by atoms with Crippen molar-refractivity contribution in [3.05, 3.63) is 64.3 Å². The number of para-hydroxylation sites is 1. The number of hydrogen-bond acceptors (Lipinski definition) is 1. The smallest absolute Gasteiger partial charge is 0.0721 e. The predicted molar refractivity (Wildman–Crippen MR) is 82.1 cm³/mol. The van der Waals surface area contributed by atoms with Crippen LogP contribution < -0.4 is 5.32 Å². The summed E-state index contributed by atoms with van der Waals surface area (Å²) in [5.41, 5.74) is 3.08. The second-order valence-corrected chi connectivity index (χ2v) is 5.16. The molecule has 0 saturated heterocycles. The molecule has 0 spiro atoms. The summed E-state index contributed by atoms with van der Waals surface area (Å²) in [5.74, 6) is 0. The number of rotatable bonds is 3. The van der Waals surface area contributed by atoms with E-state index in [0.29, 0.717) is 16.6 Å². The SMILES string of the molecule is Clc1cccc(Cl)c1NCc1ccc2cc[nH]c2c1. The first kappa shape index (κ1) is 12.4. The van der Waals surface area contributed by atoms with Crippen molar-refractivity contribution < 1.29 is 0 Å². The van der Waals surface area contributed by atoms with E-state index in [4.69, 9.17) is 23.2 Å². The molecule has 0 unspecified atom stereocenters. The Morgan fingerprint density at radius 1 is 1.00 bits per heavy atom. The van der Waals surface area contributed by atoms with Crippen LogP contribution in [0.25, 0.3) is 10.9 Å². The number of aromatic amines is 1. The van der Waals surface area contributed by atoms with Gasteiger partial charge in [0.2, 0.25) is 0 Å². The van der Waals surface area contributed by atoms with Crippen molar-refractivity contribution in [2.24, 2.45) is 0 Å². The van der Waals surface area contributed by atoms with Gasteiger partial charge in [0.25, 0.3) is 0 Å². The molecule has 2 aromatic carbocycles. The van der Waals surface area contributed by atoms with Gasteiger partial charge in [-0.2, -0.15) is 0 Å². The molecule has 19 heavy (non-hydrogen) atoms. The van der Waals surface area contributed by atoms with Crippen LogP contribution in [0.3, 0.4) is 0 Å². The van der Waals surface area contributed by atoms with Gasteiger partial charge in [-0.3, -0.25) is 0 Å². The minimum atomic E-state index is 0.633. The van der Waals surface area contributed by atoms with Crippen molar-refractivity contribution in [3.63, 3.8) is 0 Å². The van der Waals surface area contributed by atoms with E-state index in [9.17, 15) is 0 Å². The Balaban J connectivity index is 1.82. The second-order valence-electron chi connectivity index (χ2n) is 4.35. The molecule has 0 fully saturated rings. The Morgan fingerprint density at radius 2 is 1.79 bits per heavy atom. The van der Waals surface area contributed by atoms with Crippen molar-refractivity contribution in [3.8, 4) is 0 Å². The zero-order chi connectivity index (χ0) is 13.2. The Morgan fingerprint density at radius 3 is 2.58 bits per heavy atom. The molecule has 3 aromatic rings. The highest BCUT2D eigenvalue weighted by atomic mass is 35.5. The van der Waals surface area contributed by atoms with Gasteiger partial charge in [0.05, 0.1) is 15.7 Å². The van der Waals surface area contributed by atoms with Gasteiger partial charge in [0.15, 0.2) is 0 Å². The van der Waals surface area contributed by atoms with Gasteiger partial charge < -0.3 is 10.3 Å². The van der Waals surface area contributed by atoms with Crippen LogP contribution >= 0.6 is 23.2 Å². The van der Waals surface area contributed by atoms with Crippen LogP contribution in [-0.4, -0.2) is 4.98 Å². The van der Waals surface area contributed by atoms with E-state index < -0.39 is 0 Å². The summed E-state index contributed by atoms with van der Waals surface area (Å²) in [6, 6.07) is 13.8. The number of H-pyrrole nitrogens is 1. The molecule has 4 heteroatoms. The largest absolute Gasteiger partial charge is 0.379 e. The third-order valence-electron chi connectivity index (χ3n) is 3.05. The van der Waals surface area contributed by atoms with Crippen LogP contribution in [0.5, 0.6) is 0 Å². The summed E-state index contributed by atoms with van der Waals surface area (Å²) in [4.78, 5) is 3.20. The van der Waals surface area contributed by atoms with Crippen LogP contribution in [0.15, 0.2) is 48.7 Å². The normalized spacial score (nSPS) is 10.8. The standard InChI is InChI=1S/C15H12Cl2N2/c16-12-2-1-3-13(17)15(12)19-9-10-4-5-11-6-7-18-14(11)8-10/h1-8,18-19H,9H2. The fraction of sp³-hybridized carbons (Fsp3) is 0.0667. The van der Waals surface area contributed by atoms with Gasteiger partial charge in [0.1, 0.15) is 0 Å². The summed E-state index contributed by atoms with van der Waals surface area (Å²) in [6.07, 6.45) is 1.94. The highest BCUT2D eigenvalue weighted by Crippen LogP contribution is 2.30. The van der Waals surface area contributed by atoms with Gasteiger partial charge in [-0.25, -0.2) is 0 Å². The quantitative estimate of drug-likeness (QED) is 0.691. The highest BCUT2D eigenvalue weighted by molar-refractivity contribution is 6.39. The van der Waals surface area contributed by atoms with Crippen LogP contribution in [0.2, 0.25) is 10.0 Å². The second kappa shape index (κ2) is 5.16. The first-order valence-electron chi connectivity index (χ1n) is 5.98. The minimum Gasteiger partial charge on any atom is -0.379 e. The fourth-order valence-corrected chi connectivity index (χ4v) is 2.59. The molecular formula is C15H12Cl2N2. The molecule has 0 aliphatic rings. The molecule has 0 atom stereocenters. The summed E-state index contributed by atoms with van der Waals surface area (Å²) in [7, 11) is 0. The molecule has 2 N–H and O–H groups in total. The van der Waals surface area contributed by atoms with E-state index in [1.54, 1.807) is 0 Å². The van der Waals surface area contributed by atoms with E-state index in [-0.39, 0.29) is 0 Å². The Kier molecular flexibility index (Phi) is 3.36. The Bertz CT molecular complexity index is 699. The lowest BCUT2D eigenvalue weighted by atomic mass is 10.1. The summed E-state index contributed by atoms with van der Waals surface area (Å²) < 4.78 is 0. The monoisotopic (exact) mass is 290 g/mol. The van der Waals surface area contributed by atoms with Gasteiger partial charge in [-0.15, -0.1) is 0 Å². The van der Waals surface area contributed by atoms with E-state index in [1.165, 1.54) is 10.9 Å². The summed E-state index contributed by atoms with van der Waals surface area (Å²) in [5, 5.41) is 5.75. The third kappa shape index (κ3) is 2.55. The van der Waals surface area contributed by atoms with Crippen molar-refractivity contribution >= 4 is 39.8 Å². The van der Waals surface area contributed by atoms with E-state index in [0.717, 1.165) is 11.2 Å². The first-order chi connectivity index (χ1) is 9.24. The van der Waals surface area contributed by atoms with E-state index in [1.807, 2.05) is 24.4 Å². The first-order valence-corrected chi connectivity index (χ1v) is 6.73. The number of aromatic nitrogens is 1. The minimum absolute atomic E-state index is 0.633. The molecular weight excluding hydrogens is 279 g/mol. The molecule has 96 valence electrons. The van der Waals surface area contributed by atoms with Crippen LogP contribution in [-0.2, 0) is 6.54 Å². The number of anilines is 1. The van der Waals surface area contributed by atoms with Crippen LogP contribution in [0, 0.1) is 0 Å². The average Bonchev–Trinajstić information content (AvgIpc) is 2.85. The maximum absolute atomic E-state index is 6.12. The van der Waals surface area contributed by atoms with Gasteiger partial charge in [-0.05, 0) is 35.2 Å². The molecule has 0 bridgehead atoms. The fourth-order valence-electron chi connectivity index (χ4n) is 2.06.